The van der Waals surface area contributed by atoms with Crippen LogP contribution in [0.1, 0.15) is 247 Å². The van der Waals surface area contributed by atoms with Gasteiger partial charge in [-0.1, -0.05) is 161 Å². The van der Waals surface area contributed by atoms with Crippen LogP contribution in [0.3, 0.4) is 0 Å². The molecule has 23 nitrogen and oxygen atoms in total. The Morgan fingerprint density at radius 2 is 0.965 bits per heavy atom. The Balaban J connectivity index is 0.000000577. The number of carbonyl (C=O) groups is 2. The Morgan fingerprint density at radius 3 is 1.46 bits per heavy atom. The van der Waals surface area contributed by atoms with Crippen molar-refractivity contribution in [3.05, 3.63) is 196 Å². The van der Waals surface area contributed by atoms with Crippen molar-refractivity contribution in [3.63, 3.8) is 0 Å². The summed E-state index contributed by atoms with van der Waals surface area (Å²) in [6.07, 6.45) is 27.4. The van der Waals surface area contributed by atoms with E-state index in [-0.39, 0.29) is 83.7 Å². The van der Waals surface area contributed by atoms with E-state index in [0.717, 1.165) is 132 Å². The van der Waals surface area contributed by atoms with Gasteiger partial charge < -0.3 is 21.9 Å². The molecular weight excluding hydrogens is 1550 g/mol. The molecule has 0 saturated carbocycles. The first kappa shape index (κ1) is 98.5. The molecule has 0 saturated heterocycles. The van der Waals surface area contributed by atoms with Crippen LogP contribution in [0.4, 0.5) is 39.8 Å². The predicted molar refractivity (Wildman–Crippen MR) is 455 cm³/mol. The Morgan fingerprint density at radius 1 is 0.526 bits per heavy atom. The maximum absolute atomic E-state index is 12.6. The number of hydrogen-bond donors (Lipinski definition) is 4. The van der Waals surface area contributed by atoms with E-state index < -0.39 is 70.1 Å². The van der Waals surface area contributed by atoms with Gasteiger partial charge in [-0.15, -0.1) is 37.9 Å². The Labute approximate surface area is 724 Å². The number of unbranched alkanes of at least 4 members (excludes halogenated alkanes) is 3. The van der Waals surface area contributed by atoms with Crippen molar-refractivity contribution in [2.75, 3.05) is 42.1 Å². The minimum atomic E-state index is -4.05. The number of aliphatic imine (C=N–C) groups is 2. The van der Waals surface area contributed by atoms with E-state index >= 15 is 0 Å². The van der Waals surface area contributed by atoms with E-state index in [9.17, 15) is 32.8 Å². The van der Waals surface area contributed by atoms with Crippen LogP contribution >= 0.6 is 0 Å². The van der Waals surface area contributed by atoms with Crippen molar-refractivity contribution < 1.29 is 139 Å². The van der Waals surface area contributed by atoms with Crippen LogP contribution in [0, 0.1) is 0 Å². The number of nitrogens with one attached hydrogen (secondary N) is 1. The fourth-order valence-corrected chi connectivity index (χ4v) is 16.3. The summed E-state index contributed by atoms with van der Waals surface area (Å²) in [6, 6.07) is 31.1. The van der Waals surface area contributed by atoms with Crippen molar-refractivity contribution in [2.24, 2.45) is 9.98 Å². The fraction of sp³-hybridized carbons (Fsp3) is 0.453. The van der Waals surface area contributed by atoms with Gasteiger partial charge in [0.05, 0.1) is 55.6 Å². The van der Waals surface area contributed by atoms with E-state index in [2.05, 4.69) is 214 Å². The second kappa shape index (κ2) is 41.8. The zero-order valence-corrected chi connectivity index (χ0v) is 75.1. The molecule has 0 fully saturated rings. The van der Waals surface area contributed by atoms with Crippen LogP contribution in [0.15, 0.2) is 161 Å². The molecule has 0 amide bonds. The number of aromatic carboxylic acids is 2. The molecule has 614 valence electrons. The van der Waals surface area contributed by atoms with Crippen LogP contribution in [0.25, 0.3) is 0 Å². The van der Waals surface area contributed by atoms with Crippen LogP contribution in [0.2, 0.25) is 0 Å². The van der Waals surface area contributed by atoms with E-state index in [0.29, 0.717) is 24.0 Å². The van der Waals surface area contributed by atoms with E-state index in [1.165, 1.54) is 46.6 Å². The summed E-state index contributed by atoms with van der Waals surface area (Å²) in [7, 11) is -13.4. The van der Waals surface area contributed by atoms with Crippen LogP contribution in [-0.4, -0.2) is 147 Å². The maximum atomic E-state index is 12.6. The zero-order chi connectivity index (χ0) is 83.8. The monoisotopic (exact) mass is 1670 g/mol. The third kappa shape index (κ3) is 22.6. The van der Waals surface area contributed by atoms with Crippen molar-refractivity contribution in [2.45, 2.75) is 222 Å². The molecule has 6 aliphatic rings. The molecule has 1 unspecified atom stereocenters. The number of carboxylic acid groups (broad SMARTS) is 2. The molecule has 1 atom stereocenters. The quantitative estimate of drug-likeness (QED) is 0.0193. The third-order valence-electron chi connectivity index (χ3n) is 22.1. The topological polar surface area (TPSA) is 332 Å². The molecule has 5 aromatic carbocycles. The largest absolute Gasteiger partial charge is 1.00 e. The normalized spacial score (nSPS) is 17.9. The summed E-state index contributed by atoms with van der Waals surface area (Å²) in [5, 5.41) is 23.5. The zero-order valence-electron chi connectivity index (χ0n) is 69.7. The first-order chi connectivity index (χ1) is 52.4. The molecule has 4 N–H and O–H groups in total. The number of hydrogen-bond acceptors (Lipinski definition) is 17. The van der Waals surface area contributed by atoms with Crippen molar-refractivity contribution in [1.29, 1.82) is 0 Å². The Kier molecular flexibility index (Phi) is 36.1. The molecule has 0 spiro atoms. The standard InChI is InChI=1S/C40H51N3O5S.C24H28N2.C21H28N2O2.CH4.K.3O3S.H2.H/c1-9-11-24-43-30-19-16-15-18-29(30)40(8,22-17-25-49(46,47)48)33(43)21-14-12-13-20-32-39(6,7)35-31(42(32)23-10-2)26-28(37(44)45)34-36(35)41-27(3)38(34,4)5;1-4-5-19-26-22-16-10-9-15-21(22)24(2,3)23(26)17-11-12-18-25-20-13-7-6-8-14-20;1-8-9-10-23-13(3)21(6,7)17-15(23)11-14(19(24)25)16-18(17)22-12(2)20(16,4)5;;;3*1-4(2)3;;/h12-16,18-21,26H,9-11,17,22-25H2,1-8H3,(H-,44,45,46,47,48);6-18H,4-5,19H2,1-3H3;11H,8-10H2,1-7H3;1H4;;;;;1H;/q;;;;+1;;;;;-1/p+3/i;;;;;;;;1+1;. The number of anilines is 2. The van der Waals surface area contributed by atoms with Crippen molar-refractivity contribution in [1.82, 2.24) is 0 Å². The first-order valence-electron chi connectivity index (χ1n) is 37.7. The maximum Gasteiger partial charge on any atom is 1.00 e. The first-order valence-corrected chi connectivity index (χ1v) is 42.4. The summed E-state index contributed by atoms with van der Waals surface area (Å²) in [6.45, 7) is 42.4. The molecular formula is C86H117KN7O16S4+3. The number of para-hydroxylation sites is 3. The average Bonchev–Trinajstić information content (AvgIpc) is 1.63. The minimum Gasteiger partial charge on any atom is -1.00 e. The van der Waals surface area contributed by atoms with Crippen LogP contribution in [-0.2, 0) is 74.4 Å². The number of rotatable bonds is 24. The molecule has 0 radical (unpaired) electrons. The van der Waals surface area contributed by atoms with Crippen molar-refractivity contribution in [3.8, 4) is 0 Å². The molecule has 6 heterocycles. The molecule has 0 aromatic heterocycles. The van der Waals surface area contributed by atoms with Gasteiger partial charge in [0.15, 0.2) is 17.1 Å². The smallest absolute Gasteiger partial charge is 1.00 e. The Hall–Kier alpha value is -7.90. The molecule has 5 aromatic rings. The number of nitrogens with zero attached hydrogens (tertiary/aromatic N) is 6. The Bertz CT molecular complexity index is 5180. The van der Waals surface area contributed by atoms with E-state index in [1.54, 1.807) is 0 Å². The van der Waals surface area contributed by atoms with Gasteiger partial charge in [-0.05, 0) is 117 Å². The van der Waals surface area contributed by atoms with Gasteiger partial charge in [0, 0.05) is 132 Å². The number of benzene rings is 5. The van der Waals surface area contributed by atoms with E-state index in [4.69, 9.17) is 47.9 Å². The minimum absolute atomic E-state index is 0. The third-order valence-corrected chi connectivity index (χ3v) is 22.9. The molecule has 6 aliphatic heterocycles. The van der Waals surface area contributed by atoms with E-state index in [1.807, 2.05) is 80.7 Å². The summed E-state index contributed by atoms with van der Waals surface area (Å²) >= 11 is 0. The van der Waals surface area contributed by atoms with Crippen molar-refractivity contribution >= 4 is 122 Å². The summed E-state index contributed by atoms with van der Waals surface area (Å²) in [4.78, 5) is 36.9. The van der Waals surface area contributed by atoms with Gasteiger partial charge in [-0.3, -0.25) is 14.5 Å². The van der Waals surface area contributed by atoms with Gasteiger partial charge in [-0.25, -0.2) is 9.59 Å². The predicted octanol–water partition coefficient (Wildman–Crippen LogP) is 14.8. The average molecular weight is 1670 g/mol. The molecule has 0 bridgehead atoms. The number of fused-ring (bicyclic) bond motifs is 8. The number of allylic oxidation sites excluding steroid dienone is 9. The fourth-order valence-electron chi connectivity index (χ4n) is 15.8. The molecule has 114 heavy (non-hydrogen) atoms. The summed E-state index contributed by atoms with van der Waals surface area (Å²) in [5.41, 5.74) is 19.5. The van der Waals surface area contributed by atoms with Crippen LogP contribution in [0.5, 0.6) is 0 Å². The molecule has 11 rings (SSSR count). The van der Waals surface area contributed by atoms with Gasteiger partial charge >= 0.3 is 95.1 Å². The van der Waals surface area contributed by atoms with Gasteiger partial charge in [0.2, 0.25) is 17.1 Å². The van der Waals surface area contributed by atoms with Gasteiger partial charge in [-0.2, -0.15) is 22.1 Å². The summed E-state index contributed by atoms with van der Waals surface area (Å²) in [5.74, 6) is -2.07. The summed E-state index contributed by atoms with van der Waals surface area (Å²) < 4.78 is 116. The second-order valence-corrected chi connectivity index (χ2v) is 33.9. The SMILES string of the molecule is C.CCCCN1C(=CC=CC=CC2=[N+](CCC)c3cc(C(=O)O)c4c(c3C2(C)C)N=C(C)C4(C)C)C(C)(CCCS(=O)(=O)O)c2ccccc21.CCCC[N+]1=C(/C=C/C=C/Nc2ccccc2)C(C)(C)c2ccccc21.CCCC[N+]1=C(C)C(C)(C)c2c1cc(C(=O)O)c1c2N=C(C)C1(C)C.O=S(=O)=O.O=S(=O)=O.O=S(=O)=O.[2HH].[H-].[K+]. The van der Waals surface area contributed by atoms with Gasteiger partial charge in [0.1, 0.15) is 19.6 Å². The molecule has 28 heteroatoms. The van der Waals surface area contributed by atoms with Crippen LogP contribution < -0.4 is 61.6 Å². The second-order valence-electron chi connectivity index (χ2n) is 31.1. The number of carboxylic acids is 2. The van der Waals surface area contributed by atoms with Gasteiger partial charge in [0.25, 0.3) is 10.1 Å². The molecule has 0 aliphatic carbocycles.